The second kappa shape index (κ2) is 7.59. The Kier molecular flexibility index (Phi) is 5.76. The molecule has 0 bridgehead atoms. The summed E-state index contributed by atoms with van der Waals surface area (Å²) in [6, 6.07) is 5.51. The number of ether oxygens (including phenoxy) is 3. The summed E-state index contributed by atoms with van der Waals surface area (Å²) in [6.07, 6.45) is 0. The van der Waals surface area contributed by atoms with E-state index in [4.69, 9.17) is 14.2 Å². The molecule has 0 fully saturated rings. The van der Waals surface area contributed by atoms with Crippen LogP contribution < -0.4 is 14.8 Å². The Hall–Kier alpha value is -1.89. The van der Waals surface area contributed by atoms with Crippen LogP contribution in [0.2, 0.25) is 0 Å². The molecule has 0 aromatic heterocycles. The molecule has 23 heavy (non-hydrogen) atoms. The normalized spacial score (nSPS) is 13.3. The topological polar surface area (TPSA) is 73.9 Å². The highest BCUT2D eigenvalue weighted by atomic mass is 32.2. The van der Waals surface area contributed by atoms with Gasteiger partial charge in [-0.2, -0.15) is 0 Å². The van der Waals surface area contributed by atoms with Crippen LogP contribution in [0.25, 0.3) is 0 Å². The maximum Gasteiger partial charge on any atom is 0.316 e. The van der Waals surface area contributed by atoms with Gasteiger partial charge >= 0.3 is 5.97 Å². The van der Waals surface area contributed by atoms with E-state index in [0.717, 1.165) is 4.90 Å². The lowest BCUT2D eigenvalue weighted by molar-refractivity contribution is -0.146. The third-order valence-corrected chi connectivity index (χ3v) is 3.72. The predicted molar refractivity (Wildman–Crippen MR) is 87.0 cm³/mol. The van der Waals surface area contributed by atoms with E-state index in [1.807, 2.05) is 39.0 Å². The Labute approximate surface area is 139 Å². The maximum absolute atomic E-state index is 11.7. The highest BCUT2D eigenvalue weighted by Crippen LogP contribution is 2.34. The van der Waals surface area contributed by atoms with Gasteiger partial charge in [-0.1, -0.05) is 0 Å². The van der Waals surface area contributed by atoms with E-state index in [1.54, 1.807) is 0 Å². The lowest BCUT2D eigenvalue weighted by atomic mass is 10.1. The van der Waals surface area contributed by atoms with E-state index in [-0.39, 0.29) is 23.8 Å². The Morgan fingerprint density at radius 1 is 1.22 bits per heavy atom. The van der Waals surface area contributed by atoms with Gasteiger partial charge in [0, 0.05) is 10.4 Å². The van der Waals surface area contributed by atoms with Crippen molar-refractivity contribution in [3.05, 3.63) is 18.2 Å². The number of esters is 1. The first-order valence-corrected chi connectivity index (χ1v) is 8.31. The van der Waals surface area contributed by atoms with E-state index in [9.17, 15) is 9.59 Å². The van der Waals surface area contributed by atoms with Crippen LogP contribution in [-0.4, -0.2) is 43.0 Å². The van der Waals surface area contributed by atoms with E-state index in [2.05, 4.69) is 5.32 Å². The number of hydrogen-bond acceptors (Lipinski definition) is 6. The number of rotatable bonds is 5. The fourth-order valence-electron chi connectivity index (χ4n) is 1.90. The van der Waals surface area contributed by atoms with Crippen molar-refractivity contribution in [2.75, 3.05) is 25.6 Å². The van der Waals surface area contributed by atoms with Crippen LogP contribution in [0.1, 0.15) is 20.8 Å². The van der Waals surface area contributed by atoms with Crippen molar-refractivity contribution < 1.29 is 23.8 Å². The van der Waals surface area contributed by atoms with Gasteiger partial charge in [-0.15, -0.1) is 11.8 Å². The van der Waals surface area contributed by atoms with Crippen molar-refractivity contribution in [1.82, 2.24) is 5.32 Å². The highest BCUT2D eigenvalue weighted by molar-refractivity contribution is 8.00. The van der Waals surface area contributed by atoms with Crippen LogP contribution in [0.15, 0.2) is 23.1 Å². The van der Waals surface area contributed by atoms with Gasteiger partial charge in [-0.25, -0.2) is 0 Å². The third-order valence-electron chi connectivity index (χ3n) is 2.75. The van der Waals surface area contributed by atoms with Gasteiger partial charge in [0.25, 0.3) is 5.91 Å². The summed E-state index contributed by atoms with van der Waals surface area (Å²) in [6.45, 7) is 6.39. The van der Waals surface area contributed by atoms with E-state index < -0.39 is 5.97 Å². The number of nitrogens with one attached hydrogen (secondary N) is 1. The molecule has 6 nitrogen and oxygen atoms in total. The molecule has 7 heteroatoms. The minimum atomic E-state index is -0.436. The minimum Gasteiger partial charge on any atom is -0.486 e. The van der Waals surface area contributed by atoms with Crippen molar-refractivity contribution in [3.8, 4) is 11.5 Å². The standard InChI is InChI=1S/C16H21NO5S/c1-16(2,3)17-14(18)9-22-15(19)10-23-11-4-5-12-13(8-11)21-7-6-20-12/h4-5,8H,6-7,9-10H2,1-3H3,(H,17,18). The molecule has 0 spiro atoms. The number of fused-ring (bicyclic) bond motifs is 1. The lowest BCUT2D eigenvalue weighted by Gasteiger charge is -2.20. The van der Waals surface area contributed by atoms with Gasteiger partial charge in [-0.05, 0) is 39.0 Å². The largest absolute Gasteiger partial charge is 0.486 e. The summed E-state index contributed by atoms with van der Waals surface area (Å²) in [5.74, 6) is 0.771. The first-order chi connectivity index (χ1) is 10.8. The van der Waals surface area contributed by atoms with Crippen molar-refractivity contribution in [2.24, 2.45) is 0 Å². The van der Waals surface area contributed by atoms with Gasteiger partial charge in [0.05, 0.1) is 5.75 Å². The summed E-state index contributed by atoms with van der Waals surface area (Å²) in [4.78, 5) is 24.1. The van der Waals surface area contributed by atoms with Gasteiger partial charge in [0.15, 0.2) is 18.1 Å². The number of carbonyl (C=O) groups excluding carboxylic acids is 2. The van der Waals surface area contributed by atoms with E-state index in [0.29, 0.717) is 24.7 Å². The summed E-state index contributed by atoms with van der Waals surface area (Å²) in [5.41, 5.74) is -0.344. The second-order valence-corrected chi connectivity index (χ2v) is 7.10. The first-order valence-electron chi connectivity index (χ1n) is 7.32. The molecular formula is C16H21NO5S. The Morgan fingerprint density at radius 3 is 2.61 bits per heavy atom. The third kappa shape index (κ3) is 6.02. The number of thioether (sulfide) groups is 1. The number of hydrogen-bond donors (Lipinski definition) is 1. The summed E-state index contributed by atoms with van der Waals surface area (Å²) in [5, 5.41) is 2.73. The fourth-order valence-corrected chi connectivity index (χ4v) is 2.62. The smallest absolute Gasteiger partial charge is 0.316 e. The van der Waals surface area contributed by atoms with Crippen LogP contribution in [-0.2, 0) is 14.3 Å². The molecule has 1 heterocycles. The zero-order valence-corrected chi connectivity index (χ0v) is 14.3. The number of benzene rings is 1. The van der Waals surface area contributed by atoms with E-state index in [1.165, 1.54) is 11.8 Å². The van der Waals surface area contributed by atoms with Gasteiger partial charge in [0.2, 0.25) is 0 Å². The van der Waals surface area contributed by atoms with E-state index >= 15 is 0 Å². The molecule has 0 saturated carbocycles. The molecule has 1 amide bonds. The Bertz CT molecular complexity index is 582. The molecule has 0 unspecified atom stereocenters. The number of amides is 1. The fraction of sp³-hybridized carbons (Fsp3) is 0.500. The van der Waals surface area contributed by atoms with Crippen molar-refractivity contribution in [2.45, 2.75) is 31.2 Å². The summed E-state index contributed by atoms with van der Waals surface area (Å²) >= 11 is 1.32. The molecule has 1 N–H and O–H groups in total. The molecule has 2 rings (SSSR count). The molecule has 1 aromatic carbocycles. The zero-order chi connectivity index (χ0) is 16.9. The summed E-state index contributed by atoms with van der Waals surface area (Å²) < 4.78 is 15.9. The first kappa shape index (κ1) is 17.5. The minimum absolute atomic E-state index is 0.127. The Morgan fingerprint density at radius 2 is 1.91 bits per heavy atom. The molecule has 1 aromatic rings. The molecule has 1 aliphatic rings. The van der Waals surface area contributed by atoms with Gasteiger partial charge in [0.1, 0.15) is 13.2 Å². The molecule has 0 radical (unpaired) electrons. The van der Waals surface area contributed by atoms with Gasteiger partial charge in [-0.3, -0.25) is 9.59 Å². The van der Waals surface area contributed by atoms with Crippen molar-refractivity contribution in [1.29, 1.82) is 0 Å². The Balaban J connectivity index is 1.75. The average Bonchev–Trinajstić information content (AvgIpc) is 2.49. The molecule has 0 atom stereocenters. The van der Waals surface area contributed by atoms with Crippen LogP contribution in [0, 0.1) is 0 Å². The zero-order valence-electron chi connectivity index (χ0n) is 13.5. The second-order valence-electron chi connectivity index (χ2n) is 6.05. The lowest BCUT2D eigenvalue weighted by Crippen LogP contribution is -2.42. The van der Waals surface area contributed by atoms with Crippen LogP contribution in [0.3, 0.4) is 0 Å². The summed E-state index contributed by atoms with van der Waals surface area (Å²) in [7, 11) is 0. The highest BCUT2D eigenvalue weighted by Gasteiger charge is 2.16. The molecule has 1 aliphatic heterocycles. The van der Waals surface area contributed by atoms with Crippen LogP contribution >= 0.6 is 11.8 Å². The molecule has 0 saturated heterocycles. The average molecular weight is 339 g/mol. The SMILES string of the molecule is CC(C)(C)NC(=O)COC(=O)CSc1ccc2c(c1)OCCO2. The van der Waals surface area contributed by atoms with Crippen LogP contribution in [0.4, 0.5) is 0 Å². The van der Waals surface area contributed by atoms with Crippen molar-refractivity contribution >= 4 is 23.6 Å². The predicted octanol–water partition coefficient (Wildman–Crippen LogP) is 2.01. The molecular weight excluding hydrogens is 318 g/mol. The quantitative estimate of drug-likeness (QED) is 0.653. The van der Waals surface area contributed by atoms with Gasteiger partial charge < -0.3 is 19.5 Å². The monoisotopic (exact) mass is 339 g/mol. The van der Waals surface area contributed by atoms with Crippen molar-refractivity contribution in [3.63, 3.8) is 0 Å². The maximum atomic E-state index is 11.7. The molecule has 126 valence electrons. The van der Waals surface area contributed by atoms with Crippen LogP contribution in [0.5, 0.6) is 11.5 Å². The molecule has 0 aliphatic carbocycles. The number of carbonyl (C=O) groups is 2.